The number of nitrogens with one attached hydrogen (secondary N) is 1. The van der Waals surface area contributed by atoms with E-state index in [2.05, 4.69) is 17.1 Å². The molecule has 0 amide bonds. The minimum absolute atomic E-state index is 0.472. The largest absolute Gasteiger partial charge is 0.376 e. The summed E-state index contributed by atoms with van der Waals surface area (Å²) in [6, 6.07) is 1.56. The molecule has 1 saturated carbocycles. The molecule has 0 spiro atoms. The third kappa shape index (κ3) is 3.50. The summed E-state index contributed by atoms with van der Waals surface area (Å²) >= 11 is 0. The minimum Gasteiger partial charge on any atom is -0.376 e. The van der Waals surface area contributed by atoms with E-state index in [0.717, 1.165) is 44.1 Å². The van der Waals surface area contributed by atoms with Crippen molar-refractivity contribution in [3.05, 3.63) is 0 Å². The monoisotopic (exact) mass is 266 g/mol. The number of nitrogens with zero attached hydrogens (tertiary/aromatic N) is 1. The molecule has 3 rings (SSSR count). The number of hydrogen-bond donors (Lipinski definition) is 1. The molecular formula is C16H30N2O. The maximum atomic E-state index is 5.77. The van der Waals surface area contributed by atoms with Crippen LogP contribution in [0.5, 0.6) is 0 Å². The van der Waals surface area contributed by atoms with Gasteiger partial charge in [-0.1, -0.05) is 19.8 Å². The molecule has 1 N–H and O–H groups in total. The summed E-state index contributed by atoms with van der Waals surface area (Å²) in [6.07, 6.45) is 10.3. The fraction of sp³-hybridized carbons (Fsp3) is 1.00. The highest BCUT2D eigenvalue weighted by Gasteiger charge is 2.32. The Morgan fingerprint density at radius 3 is 2.95 bits per heavy atom. The predicted octanol–water partition coefficient (Wildman–Crippen LogP) is 2.41. The van der Waals surface area contributed by atoms with Gasteiger partial charge in [0.2, 0.25) is 0 Å². The molecule has 0 aromatic rings. The molecule has 2 heterocycles. The zero-order chi connectivity index (χ0) is 13.1. The Kier molecular flexibility index (Phi) is 4.78. The summed E-state index contributed by atoms with van der Waals surface area (Å²) in [5.74, 6) is 0.984. The molecule has 1 aliphatic carbocycles. The van der Waals surface area contributed by atoms with Gasteiger partial charge in [-0.25, -0.2) is 0 Å². The SMILES string of the molecule is CCC1CN(CC2CCC3CCCCC3N2)CCO1. The molecule has 0 aromatic heterocycles. The molecule has 0 bridgehead atoms. The van der Waals surface area contributed by atoms with E-state index >= 15 is 0 Å². The number of hydrogen-bond acceptors (Lipinski definition) is 3. The van der Waals surface area contributed by atoms with Crippen molar-refractivity contribution in [2.75, 3.05) is 26.2 Å². The molecule has 110 valence electrons. The standard InChI is InChI=1S/C16H30N2O/c1-2-15-12-18(9-10-19-15)11-14-8-7-13-5-3-4-6-16(13)17-14/h13-17H,2-12H2,1H3. The first-order chi connectivity index (χ1) is 9.35. The number of piperidine rings is 1. The Morgan fingerprint density at radius 2 is 2.05 bits per heavy atom. The second-order valence-electron chi connectivity index (χ2n) is 6.75. The average Bonchev–Trinajstić information content (AvgIpc) is 2.47. The Labute approximate surface area is 118 Å². The van der Waals surface area contributed by atoms with E-state index in [0.29, 0.717) is 6.10 Å². The van der Waals surface area contributed by atoms with Crippen LogP contribution in [-0.4, -0.2) is 49.3 Å². The zero-order valence-corrected chi connectivity index (χ0v) is 12.4. The van der Waals surface area contributed by atoms with Crippen molar-refractivity contribution in [3.63, 3.8) is 0 Å². The highest BCUT2D eigenvalue weighted by Crippen LogP contribution is 2.32. The topological polar surface area (TPSA) is 24.5 Å². The maximum absolute atomic E-state index is 5.77. The number of rotatable bonds is 3. The van der Waals surface area contributed by atoms with Gasteiger partial charge in [0, 0.05) is 31.7 Å². The maximum Gasteiger partial charge on any atom is 0.0700 e. The summed E-state index contributed by atoms with van der Waals surface area (Å²) in [6.45, 7) is 6.67. The van der Waals surface area contributed by atoms with Crippen LogP contribution in [0.2, 0.25) is 0 Å². The van der Waals surface area contributed by atoms with Crippen LogP contribution in [0.1, 0.15) is 51.9 Å². The average molecular weight is 266 g/mol. The normalized spacial score (nSPS) is 40.9. The van der Waals surface area contributed by atoms with E-state index in [9.17, 15) is 0 Å². The molecule has 0 radical (unpaired) electrons. The first-order valence-corrected chi connectivity index (χ1v) is 8.45. The Bertz CT molecular complexity index is 284. The smallest absolute Gasteiger partial charge is 0.0700 e. The Morgan fingerprint density at radius 1 is 1.16 bits per heavy atom. The minimum atomic E-state index is 0.472. The molecule has 2 saturated heterocycles. The van der Waals surface area contributed by atoms with E-state index in [1.165, 1.54) is 45.1 Å². The van der Waals surface area contributed by atoms with Gasteiger partial charge in [-0.3, -0.25) is 4.90 Å². The quantitative estimate of drug-likeness (QED) is 0.849. The van der Waals surface area contributed by atoms with Crippen LogP contribution in [0.15, 0.2) is 0 Å². The summed E-state index contributed by atoms with van der Waals surface area (Å²) in [5.41, 5.74) is 0. The second-order valence-corrected chi connectivity index (χ2v) is 6.75. The van der Waals surface area contributed by atoms with E-state index < -0.39 is 0 Å². The summed E-state index contributed by atoms with van der Waals surface area (Å²) in [5, 5.41) is 3.95. The van der Waals surface area contributed by atoms with Gasteiger partial charge in [-0.2, -0.15) is 0 Å². The van der Waals surface area contributed by atoms with Crippen molar-refractivity contribution < 1.29 is 4.74 Å². The Hall–Kier alpha value is -0.120. The van der Waals surface area contributed by atoms with Crippen LogP contribution in [0.25, 0.3) is 0 Å². The molecule has 0 aromatic carbocycles. The lowest BCUT2D eigenvalue weighted by atomic mass is 9.77. The summed E-state index contributed by atoms with van der Waals surface area (Å²) in [4.78, 5) is 2.62. The Balaban J connectivity index is 1.47. The molecule has 3 aliphatic rings. The lowest BCUT2D eigenvalue weighted by Gasteiger charge is -2.43. The molecule has 3 nitrogen and oxygen atoms in total. The molecular weight excluding hydrogens is 236 g/mol. The summed E-state index contributed by atoms with van der Waals surface area (Å²) < 4.78 is 5.77. The van der Waals surface area contributed by atoms with Gasteiger partial charge < -0.3 is 10.1 Å². The van der Waals surface area contributed by atoms with E-state index in [1.807, 2.05) is 0 Å². The van der Waals surface area contributed by atoms with Gasteiger partial charge in [0.15, 0.2) is 0 Å². The molecule has 4 atom stereocenters. The molecule has 4 unspecified atom stereocenters. The zero-order valence-electron chi connectivity index (χ0n) is 12.4. The van der Waals surface area contributed by atoms with Gasteiger partial charge in [0.1, 0.15) is 0 Å². The van der Waals surface area contributed by atoms with Crippen LogP contribution >= 0.6 is 0 Å². The molecule has 2 aliphatic heterocycles. The highest BCUT2D eigenvalue weighted by atomic mass is 16.5. The van der Waals surface area contributed by atoms with E-state index in [1.54, 1.807) is 0 Å². The van der Waals surface area contributed by atoms with Crippen molar-refractivity contribution in [1.29, 1.82) is 0 Å². The van der Waals surface area contributed by atoms with Crippen molar-refractivity contribution >= 4 is 0 Å². The van der Waals surface area contributed by atoms with Crippen LogP contribution in [0, 0.1) is 5.92 Å². The van der Waals surface area contributed by atoms with Gasteiger partial charge >= 0.3 is 0 Å². The third-order valence-corrected chi connectivity index (χ3v) is 5.40. The van der Waals surface area contributed by atoms with E-state index in [4.69, 9.17) is 4.74 Å². The van der Waals surface area contributed by atoms with Crippen LogP contribution in [0.3, 0.4) is 0 Å². The first kappa shape index (κ1) is 13.8. The van der Waals surface area contributed by atoms with Crippen molar-refractivity contribution in [3.8, 4) is 0 Å². The fourth-order valence-corrected chi connectivity index (χ4v) is 4.22. The molecule has 3 heteroatoms. The van der Waals surface area contributed by atoms with Crippen LogP contribution in [0.4, 0.5) is 0 Å². The van der Waals surface area contributed by atoms with Gasteiger partial charge in [0.25, 0.3) is 0 Å². The van der Waals surface area contributed by atoms with Crippen LogP contribution < -0.4 is 5.32 Å². The van der Waals surface area contributed by atoms with Crippen molar-refractivity contribution in [1.82, 2.24) is 10.2 Å². The van der Waals surface area contributed by atoms with Gasteiger partial charge in [-0.05, 0) is 38.0 Å². The molecule has 19 heavy (non-hydrogen) atoms. The highest BCUT2D eigenvalue weighted by molar-refractivity contribution is 4.90. The van der Waals surface area contributed by atoms with E-state index in [-0.39, 0.29) is 0 Å². The molecule has 3 fully saturated rings. The van der Waals surface area contributed by atoms with Crippen LogP contribution in [-0.2, 0) is 4.74 Å². The van der Waals surface area contributed by atoms with Crippen molar-refractivity contribution in [2.45, 2.75) is 70.1 Å². The predicted molar refractivity (Wildman–Crippen MR) is 78.4 cm³/mol. The third-order valence-electron chi connectivity index (χ3n) is 5.40. The number of fused-ring (bicyclic) bond motifs is 1. The first-order valence-electron chi connectivity index (χ1n) is 8.45. The second kappa shape index (κ2) is 6.55. The van der Waals surface area contributed by atoms with Crippen molar-refractivity contribution in [2.24, 2.45) is 5.92 Å². The number of morpholine rings is 1. The fourth-order valence-electron chi connectivity index (χ4n) is 4.22. The lowest BCUT2D eigenvalue weighted by Crippen LogP contribution is -2.55. The lowest BCUT2D eigenvalue weighted by molar-refractivity contribution is -0.0344. The van der Waals surface area contributed by atoms with Gasteiger partial charge in [0.05, 0.1) is 12.7 Å². The summed E-state index contributed by atoms with van der Waals surface area (Å²) in [7, 11) is 0. The van der Waals surface area contributed by atoms with Gasteiger partial charge in [-0.15, -0.1) is 0 Å². The number of ether oxygens (including phenoxy) is 1.